The number of hydrogen-bond donors (Lipinski definition) is 2. The average Bonchev–Trinajstić information content (AvgIpc) is 2.53. The second-order valence-electron chi connectivity index (χ2n) is 4.12. The minimum atomic E-state index is -3.09. The number of nitrogens with one attached hydrogen (secondary N) is 1. The molecule has 1 aromatic carbocycles. The molecule has 4 nitrogen and oxygen atoms in total. The van der Waals surface area contributed by atoms with Gasteiger partial charge >= 0.3 is 0 Å². The lowest BCUT2D eigenvalue weighted by Gasteiger charge is -2.16. The summed E-state index contributed by atoms with van der Waals surface area (Å²) in [7, 11) is -3.09. The molecule has 0 amide bonds. The van der Waals surface area contributed by atoms with Gasteiger partial charge in [-0.2, -0.15) is 0 Å². The zero-order valence-electron chi connectivity index (χ0n) is 9.46. The van der Waals surface area contributed by atoms with Crippen molar-refractivity contribution in [2.45, 2.75) is 17.0 Å². The maximum Gasteiger partial charge on any atom is 0.155 e. The lowest BCUT2D eigenvalue weighted by atomic mass is 10.2. The molecule has 6 heteroatoms. The predicted molar refractivity (Wildman–Crippen MR) is 70.3 cm³/mol. The van der Waals surface area contributed by atoms with Gasteiger partial charge in [0.1, 0.15) is 0 Å². The van der Waals surface area contributed by atoms with Gasteiger partial charge in [-0.1, -0.05) is 0 Å². The summed E-state index contributed by atoms with van der Waals surface area (Å²) in [5.41, 5.74) is 0.837. The summed E-state index contributed by atoms with van der Waals surface area (Å²) < 4.78 is 22.7. The van der Waals surface area contributed by atoms with Crippen LogP contribution in [0.5, 0.6) is 0 Å². The molecule has 1 aliphatic heterocycles. The van der Waals surface area contributed by atoms with Crippen molar-refractivity contribution in [3.63, 3.8) is 0 Å². The van der Waals surface area contributed by atoms with Crippen LogP contribution in [0.2, 0.25) is 0 Å². The topological polar surface area (TPSA) is 66.4 Å². The van der Waals surface area contributed by atoms with Crippen molar-refractivity contribution < 1.29 is 13.5 Å². The number of anilines is 1. The summed E-state index contributed by atoms with van der Waals surface area (Å²) in [6.45, 7) is 0. The summed E-state index contributed by atoms with van der Waals surface area (Å²) in [5.74, 6) is -0.147. The van der Waals surface area contributed by atoms with Crippen LogP contribution in [-0.4, -0.2) is 43.4 Å². The van der Waals surface area contributed by atoms with Gasteiger partial charge in [0, 0.05) is 10.6 Å². The maximum atomic E-state index is 11.3. The molecule has 2 unspecified atom stereocenters. The van der Waals surface area contributed by atoms with Crippen molar-refractivity contribution in [3.8, 4) is 0 Å². The first-order valence-electron chi connectivity index (χ1n) is 5.29. The first-order valence-corrected chi connectivity index (χ1v) is 8.34. The van der Waals surface area contributed by atoms with E-state index in [2.05, 4.69) is 5.32 Å². The summed E-state index contributed by atoms with van der Waals surface area (Å²) in [4.78, 5) is 1.15. The fourth-order valence-corrected chi connectivity index (χ4v) is 4.02. The van der Waals surface area contributed by atoms with Gasteiger partial charge in [-0.25, -0.2) is 8.42 Å². The van der Waals surface area contributed by atoms with Crippen LogP contribution in [0.25, 0.3) is 0 Å². The fourth-order valence-electron chi connectivity index (χ4n) is 1.87. The van der Waals surface area contributed by atoms with Crippen LogP contribution in [0.15, 0.2) is 29.2 Å². The summed E-state index contributed by atoms with van der Waals surface area (Å²) in [6.07, 6.45) is 1.18. The number of aliphatic hydroxyl groups excluding tert-OH is 1. The molecule has 0 bridgehead atoms. The van der Waals surface area contributed by atoms with Gasteiger partial charge < -0.3 is 10.4 Å². The molecule has 0 radical (unpaired) electrons. The van der Waals surface area contributed by atoms with Crippen LogP contribution < -0.4 is 5.32 Å². The van der Waals surface area contributed by atoms with Gasteiger partial charge in [0.15, 0.2) is 9.84 Å². The molecule has 1 aromatic rings. The number of aliphatic hydroxyl groups is 1. The summed E-state index contributed by atoms with van der Waals surface area (Å²) in [5, 5.41) is 12.7. The van der Waals surface area contributed by atoms with Crippen molar-refractivity contribution in [1.82, 2.24) is 0 Å². The molecule has 0 aliphatic carbocycles. The molecule has 0 saturated carbocycles. The molecule has 0 aromatic heterocycles. The van der Waals surface area contributed by atoms with Crippen LogP contribution >= 0.6 is 11.8 Å². The van der Waals surface area contributed by atoms with E-state index in [4.69, 9.17) is 0 Å². The monoisotopic (exact) mass is 273 g/mol. The van der Waals surface area contributed by atoms with Gasteiger partial charge in [0.05, 0.1) is 23.7 Å². The molecular weight excluding hydrogens is 258 g/mol. The lowest BCUT2D eigenvalue weighted by Crippen LogP contribution is -2.31. The molecule has 2 atom stereocenters. The summed E-state index contributed by atoms with van der Waals surface area (Å²) in [6, 6.07) is 7.30. The highest BCUT2D eigenvalue weighted by Gasteiger charge is 2.36. The number of hydrogen-bond acceptors (Lipinski definition) is 5. The molecular formula is C11H15NO3S2. The molecule has 94 valence electrons. The van der Waals surface area contributed by atoms with Crippen LogP contribution in [0.1, 0.15) is 0 Å². The number of sulfone groups is 1. The third kappa shape index (κ3) is 3.14. The van der Waals surface area contributed by atoms with E-state index < -0.39 is 22.0 Å². The zero-order valence-corrected chi connectivity index (χ0v) is 11.1. The van der Waals surface area contributed by atoms with E-state index in [0.29, 0.717) is 0 Å². The summed E-state index contributed by atoms with van der Waals surface area (Å²) >= 11 is 1.65. The molecule has 1 aliphatic rings. The Hall–Kier alpha value is -0.720. The van der Waals surface area contributed by atoms with Gasteiger partial charge in [-0.3, -0.25) is 0 Å². The van der Waals surface area contributed by atoms with E-state index in [1.165, 1.54) is 0 Å². The minimum Gasteiger partial charge on any atom is -0.390 e. The highest BCUT2D eigenvalue weighted by Crippen LogP contribution is 2.21. The molecule has 1 saturated heterocycles. The third-order valence-electron chi connectivity index (χ3n) is 2.76. The molecule has 1 heterocycles. The smallest absolute Gasteiger partial charge is 0.155 e. The van der Waals surface area contributed by atoms with Crippen LogP contribution in [0.4, 0.5) is 5.69 Å². The van der Waals surface area contributed by atoms with Crippen LogP contribution in [-0.2, 0) is 9.84 Å². The Morgan fingerprint density at radius 1 is 1.29 bits per heavy atom. The SMILES string of the molecule is CSc1ccc(NC2CS(=O)(=O)CC2O)cc1. The lowest BCUT2D eigenvalue weighted by molar-refractivity contribution is 0.190. The molecule has 2 N–H and O–H groups in total. The Bertz CT molecular complexity index is 484. The highest BCUT2D eigenvalue weighted by molar-refractivity contribution is 7.98. The Labute approximate surface area is 105 Å². The Morgan fingerprint density at radius 2 is 1.94 bits per heavy atom. The largest absolute Gasteiger partial charge is 0.390 e. The fraction of sp³-hybridized carbons (Fsp3) is 0.455. The van der Waals surface area contributed by atoms with E-state index in [9.17, 15) is 13.5 Å². The molecule has 0 spiro atoms. The van der Waals surface area contributed by atoms with Gasteiger partial charge in [0.25, 0.3) is 0 Å². The highest BCUT2D eigenvalue weighted by atomic mass is 32.2. The van der Waals surface area contributed by atoms with E-state index in [1.807, 2.05) is 30.5 Å². The number of benzene rings is 1. The normalized spacial score (nSPS) is 26.9. The second-order valence-corrected chi connectivity index (χ2v) is 7.16. The number of thioether (sulfide) groups is 1. The Morgan fingerprint density at radius 3 is 2.41 bits per heavy atom. The van der Waals surface area contributed by atoms with Gasteiger partial charge in [-0.15, -0.1) is 11.8 Å². The maximum absolute atomic E-state index is 11.3. The van der Waals surface area contributed by atoms with Crippen molar-refractivity contribution in [2.24, 2.45) is 0 Å². The molecule has 17 heavy (non-hydrogen) atoms. The quantitative estimate of drug-likeness (QED) is 0.804. The standard InChI is InChI=1S/C11H15NO3S2/c1-16-9-4-2-8(3-5-9)12-10-6-17(14,15)7-11(10)13/h2-5,10-13H,6-7H2,1H3. The number of rotatable bonds is 3. The van der Waals surface area contributed by atoms with E-state index in [1.54, 1.807) is 11.8 Å². The first kappa shape index (κ1) is 12.7. The van der Waals surface area contributed by atoms with Crippen molar-refractivity contribution in [1.29, 1.82) is 0 Å². The van der Waals surface area contributed by atoms with Gasteiger partial charge in [0.2, 0.25) is 0 Å². The minimum absolute atomic E-state index is 0.00154. The van der Waals surface area contributed by atoms with Crippen molar-refractivity contribution in [2.75, 3.05) is 23.1 Å². The first-order chi connectivity index (χ1) is 8.00. The Kier molecular flexibility index (Phi) is 3.65. The molecule has 1 fully saturated rings. The zero-order chi connectivity index (χ0) is 12.5. The third-order valence-corrected chi connectivity index (χ3v) is 5.22. The van der Waals surface area contributed by atoms with E-state index in [0.717, 1.165) is 10.6 Å². The van der Waals surface area contributed by atoms with Gasteiger partial charge in [-0.05, 0) is 30.5 Å². The van der Waals surface area contributed by atoms with Crippen molar-refractivity contribution >= 4 is 27.3 Å². The van der Waals surface area contributed by atoms with Crippen LogP contribution in [0.3, 0.4) is 0 Å². The van der Waals surface area contributed by atoms with Crippen molar-refractivity contribution in [3.05, 3.63) is 24.3 Å². The second kappa shape index (κ2) is 4.88. The van der Waals surface area contributed by atoms with Crippen LogP contribution in [0, 0.1) is 0 Å². The van der Waals surface area contributed by atoms with E-state index in [-0.39, 0.29) is 11.5 Å². The Balaban J connectivity index is 2.06. The van der Waals surface area contributed by atoms with E-state index >= 15 is 0 Å². The molecule has 2 rings (SSSR count). The predicted octanol–water partition coefficient (Wildman–Crippen LogP) is 0.978. The average molecular weight is 273 g/mol.